The summed E-state index contributed by atoms with van der Waals surface area (Å²) in [5, 5.41) is 2.71. The van der Waals surface area contributed by atoms with Gasteiger partial charge in [-0.25, -0.2) is 0 Å². The summed E-state index contributed by atoms with van der Waals surface area (Å²) in [6.07, 6.45) is 0.857. The second-order valence-electron chi connectivity index (χ2n) is 3.99. The first kappa shape index (κ1) is 11.7. The van der Waals surface area contributed by atoms with Gasteiger partial charge in [-0.3, -0.25) is 4.79 Å². The highest BCUT2D eigenvalue weighted by Gasteiger charge is 2.13. The van der Waals surface area contributed by atoms with Gasteiger partial charge in [-0.1, -0.05) is 0 Å². The fourth-order valence-corrected chi connectivity index (χ4v) is 1.50. The lowest BCUT2D eigenvalue weighted by molar-refractivity contribution is -0.117. The zero-order chi connectivity index (χ0) is 12.3. The average Bonchev–Trinajstić information content (AvgIpc) is 2.53. The van der Waals surface area contributed by atoms with Crippen LogP contribution in [0.25, 0.3) is 0 Å². The standard InChI is InChI=1S/C12H16N2O3/c1-8(13)12(15)14-9-3-4-10-11(7-9)17-6-2-5-16-10/h3-4,7-8H,2,5-6,13H2,1H3,(H,14,15)/t8-/m1/s1. The van der Waals surface area contributed by atoms with E-state index in [1.807, 2.05) is 0 Å². The molecule has 0 bridgehead atoms. The molecule has 0 radical (unpaired) electrons. The van der Waals surface area contributed by atoms with Crippen LogP contribution in [0.1, 0.15) is 13.3 Å². The molecule has 92 valence electrons. The van der Waals surface area contributed by atoms with Crippen LogP contribution in [-0.2, 0) is 4.79 Å². The first-order chi connectivity index (χ1) is 8.16. The molecular weight excluding hydrogens is 220 g/mol. The predicted octanol–water partition coefficient (Wildman–Crippen LogP) is 1.13. The summed E-state index contributed by atoms with van der Waals surface area (Å²) >= 11 is 0. The summed E-state index contributed by atoms with van der Waals surface area (Å²) in [6, 6.07) is 4.78. The molecular formula is C12H16N2O3. The third kappa shape index (κ3) is 2.88. The largest absolute Gasteiger partial charge is 0.490 e. The Morgan fingerprint density at radius 1 is 1.35 bits per heavy atom. The van der Waals surface area contributed by atoms with Gasteiger partial charge in [-0.15, -0.1) is 0 Å². The fraction of sp³-hybridized carbons (Fsp3) is 0.417. The molecule has 0 fully saturated rings. The molecule has 0 spiro atoms. The molecule has 3 N–H and O–H groups in total. The highest BCUT2D eigenvalue weighted by atomic mass is 16.5. The number of amides is 1. The molecule has 0 unspecified atom stereocenters. The minimum Gasteiger partial charge on any atom is -0.490 e. The van der Waals surface area contributed by atoms with Crippen LogP contribution < -0.4 is 20.5 Å². The number of anilines is 1. The van der Waals surface area contributed by atoms with Crippen LogP contribution in [0.2, 0.25) is 0 Å². The molecule has 0 aliphatic carbocycles. The Bertz CT molecular complexity index is 418. The fourth-order valence-electron chi connectivity index (χ4n) is 1.50. The first-order valence-electron chi connectivity index (χ1n) is 5.63. The molecule has 1 atom stereocenters. The quantitative estimate of drug-likeness (QED) is 0.807. The van der Waals surface area contributed by atoms with E-state index in [-0.39, 0.29) is 5.91 Å². The Kier molecular flexibility index (Phi) is 3.49. The van der Waals surface area contributed by atoms with Crippen LogP contribution >= 0.6 is 0 Å². The smallest absolute Gasteiger partial charge is 0.241 e. The van der Waals surface area contributed by atoms with E-state index < -0.39 is 6.04 Å². The SMILES string of the molecule is C[C@@H](N)C(=O)Nc1ccc2c(c1)OCCCO2. The molecule has 0 aromatic heterocycles. The number of fused-ring (bicyclic) bond motifs is 1. The van der Waals surface area contributed by atoms with Gasteiger partial charge < -0.3 is 20.5 Å². The maximum atomic E-state index is 11.4. The van der Waals surface area contributed by atoms with Gasteiger partial charge in [0, 0.05) is 18.2 Å². The van der Waals surface area contributed by atoms with E-state index in [9.17, 15) is 4.79 Å². The summed E-state index contributed by atoms with van der Waals surface area (Å²) in [5.74, 6) is 1.14. The molecule has 1 amide bonds. The van der Waals surface area contributed by atoms with Gasteiger partial charge >= 0.3 is 0 Å². The lowest BCUT2D eigenvalue weighted by Crippen LogP contribution is -2.32. The van der Waals surface area contributed by atoms with Crippen LogP contribution in [-0.4, -0.2) is 25.2 Å². The van der Waals surface area contributed by atoms with Crippen molar-refractivity contribution in [1.29, 1.82) is 0 Å². The van der Waals surface area contributed by atoms with Gasteiger partial charge in [0.25, 0.3) is 0 Å². The number of benzene rings is 1. The number of nitrogens with one attached hydrogen (secondary N) is 1. The molecule has 1 aromatic rings. The van der Waals surface area contributed by atoms with E-state index in [2.05, 4.69) is 5.32 Å². The normalized spacial score (nSPS) is 15.9. The van der Waals surface area contributed by atoms with E-state index in [1.165, 1.54) is 0 Å². The maximum Gasteiger partial charge on any atom is 0.241 e. The van der Waals surface area contributed by atoms with Crippen LogP contribution in [0.15, 0.2) is 18.2 Å². The maximum absolute atomic E-state index is 11.4. The van der Waals surface area contributed by atoms with Crippen molar-refractivity contribution in [3.8, 4) is 11.5 Å². The molecule has 1 aromatic carbocycles. The van der Waals surface area contributed by atoms with Crippen LogP contribution in [0.3, 0.4) is 0 Å². The molecule has 1 aliphatic rings. The summed E-state index contributed by atoms with van der Waals surface area (Å²) < 4.78 is 11.0. The van der Waals surface area contributed by atoms with Crippen molar-refractivity contribution in [1.82, 2.24) is 0 Å². The van der Waals surface area contributed by atoms with Crippen LogP contribution in [0.4, 0.5) is 5.69 Å². The van der Waals surface area contributed by atoms with Gasteiger partial charge in [0.2, 0.25) is 5.91 Å². The van der Waals surface area contributed by atoms with Crippen molar-refractivity contribution < 1.29 is 14.3 Å². The second-order valence-corrected chi connectivity index (χ2v) is 3.99. The molecule has 17 heavy (non-hydrogen) atoms. The number of rotatable bonds is 2. The number of hydrogen-bond acceptors (Lipinski definition) is 4. The van der Waals surface area contributed by atoms with E-state index in [0.717, 1.165) is 6.42 Å². The average molecular weight is 236 g/mol. The minimum atomic E-state index is -0.536. The van der Waals surface area contributed by atoms with Crippen molar-refractivity contribution in [3.05, 3.63) is 18.2 Å². The third-order valence-corrected chi connectivity index (χ3v) is 2.43. The van der Waals surface area contributed by atoms with Crippen molar-refractivity contribution in [2.24, 2.45) is 5.73 Å². The number of ether oxygens (including phenoxy) is 2. The molecule has 0 saturated carbocycles. The molecule has 5 heteroatoms. The molecule has 1 aliphatic heterocycles. The van der Waals surface area contributed by atoms with Gasteiger partial charge in [0.05, 0.1) is 19.3 Å². The summed E-state index contributed by atoms with van der Waals surface area (Å²) in [4.78, 5) is 11.4. The number of carbonyl (C=O) groups excluding carboxylic acids is 1. The highest BCUT2D eigenvalue weighted by Crippen LogP contribution is 2.32. The highest BCUT2D eigenvalue weighted by molar-refractivity contribution is 5.94. The predicted molar refractivity (Wildman–Crippen MR) is 64.3 cm³/mol. The van der Waals surface area contributed by atoms with E-state index in [1.54, 1.807) is 25.1 Å². The molecule has 2 rings (SSSR count). The monoisotopic (exact) mass is 236 g/mol. The van der Waals surface area contributed by atoms with Crippen molar-refractivity contribution in [2.75, 3.05) is 18.5 Å². The van der Waals surface area contributed by atoms with Crippen LogP contribution in [0, 0.1) is 0 Å². The Balaban J connectivity index is 2.15. The zero-order valence-electron chi connectivity index (χ0n) is 9.73. The van der Waals surface area contributed by atoms with Gasteiger partial charge in [0.15, 0.2) is 11.5 Å². The number of carbonyl (C=O) groups is 1. The molecule has 5 nitrogen and oxygen atoms in total. The van der Waals surface area contributed by atoms with Gasteiger partial charge in [-0.2, -0.15) is 0 Å². The first-order valence-corrected chi connectivity index (χ1v) is 5.63. The van der Waals surface area contributed by atoms with Gasteiger partial charge in [0.1, 0.15) is 0 Å². The Labute approximate surface area is 99.9 Å². The third-order valence-electron chi connectivity index (χ3n) is 2.43. The number of nitrogens with two attached hydrogens (primary N) is 1. The summed E-state index contributed by atoms with van der Waals surface area (Å²) in [7, 11) is 0. The molecule has 0 saturated heterocycles. The van der Waals surface area contributed by atoms with E-state index in [4.69, 9.17) is 15.2 Å². The Morgan fingerprint density at radius 3 is 2.76 bits per heavy atom. The lowest BCUT2D eigenvalue weighted by Gasteiger charge is -2.11. The van der Waals surface area contributed by atoms with Crippen LogP contribution in [0.5, 0.6) is 11.5 Å². The summed E-state index contributed by atoms with van der Waals surface area (Å²) in [5.41, 5.74) is 6.14. The summed E-state index contributed by atoms with van der Waals surface area (Å²) in [6.45, 7) is 2.91. The Hall–Kier alpha value is -1.75. The second kappa shape index (κ2) is 5.05. The van der Waals surface area contributed by atoms with E-state index in [0.29, 0.717) is 30.4 Å². The van der Waals surface area contributed by atoms with Gasteiger partial charge in [-0.05, 0) is 19.1 Å². The van der Waals surface area contributed by atoms with E-state index >= 15 is 0 Å². The Morgan fingerprint density at radius 2 is 2.06 bits per heavy atom. The van der Waals surface area contributed by atoms with Crippen molar-refractivity contribution in [2.45, 2.75) is 19.4 Å². The molecule has 1 heterocycles. The van der Waals surface area contributed by atoms with Crippen molar-refractivity contribution >= 4 is 11.6 Å². The minimum absolute atomic E-state index is 0.223. The lowest BCUT2D eigenvalue weighted by atomic mass is 10.2. The zero-order valence-corrected chi connectivity index (χ0v) is 9.73. The van der Waals surface area contributed by atoms with Crippen molar-refractivity contribution in [3.63, 3.8) is 0 Å². The number of hydrogen-bond donors (Lipinski definition) is 2. The topological polar surface area (TPSA) is 73.6 Å².